The zero-order valence-corrected chi connectivity index (χ0v) is 9.42. The molecule has 1 rings (SSSR count). The van der Waals surface area contributed by atoms with E-state index in [4.69, 9.17) is 21.1 Å². The van der Waals surface area contributed by atoms with E-state index in [1.165, 1.54) is 21.3 Å². The zero-order chi connectivity index (χ0) is 11.4. The number of hydrogen-bond donors (Lipinski definition) is 0. The molecule has 0 fully saturated rings. The largest absolute Gasteiger partial charge is 0.496 e. The second-order valence-corrected chi connectivity index (χ2v) is 3.03. The van der Waals surface area contributed by atoms with E-state index in [1.807, 2.05) is 0 Å². The van der Waals surface area contributed by atoms with Crippen molar-refractivity contribution >= 4 is 17.6 Å². The van der Waals surface area contributed by atoms with Gasteiger partial charge in [-0.1, -0.05) is 11.6 Å². The van der Waals surface area contributed by atoms with Crippen LogP contribution in [-0.2, 0) is 4.74 Å². The maximum atomic E-state index is 11.4. The zero-order valence-electron chi connectivity index (χ0n) is 8.67. The molecule has 15 heavy (non-hydrogen) atoms. The third-order valence-corrected chi connectivity index (χ3v) is 2.27. The van der Waals surface area contributed by atoms with E-state index in [0.29, 0.717) is 11.5 Å². The van der Waals surface area contributed by atoms with Gasteiger partial charge in [0.05, 0.1) is 21.3 Å². The summed E-state index contributed by atoms with van der Waals surface area (Å²) in [7, 11) is 4.19. The number of methoxy groups -OCH3 is 3. The molecule has 0 atom stereocenters. The van der Waals surface area contributed by atoms with E-state index in [1.54, 1.807) is 12.1 Å². The molecule has 0 radical (unpaired) electrons. The van der Waals surface area contributed by atoms with Gasteiger partial charge in [0, 0.05) is 0 Å². The van der Waals surface area contributed by atoms with Gasteiger partial charge in [0.2, 0.25) is 0 Å². The first-order valence-corrected chi connectivity index (χ1v) is 4.52. The van der Waals surface area contributed by atoms with E-state index >= 15 is 0 Å². The van der Waals surface area contributed by atoms with Crippen LogP contribution in [0.15, 0.2) is 12.1 Å². The molecule has 1 aromatic rings. The van der Waals surface area contributed by atoms with Crippen LogP contribution in [0.3, 0.4) is 0 Å². The smallest absolute Gasteiger partial charge is 0.343 e. The fourth-order valence-corrected chi connectivity index (χ4v) is 1.47. The summed E-state index contributed by atoms with van der Waals surface area (Å²) in [5, 5.41) is 0.184. The predicted octanol–water partition coefficient (Wildman–Crippen LogP) is 2.14. The first kappa shape index (κ1) is 11.7. The van der Waals surface area contributed by atoms with Crippen LogP contribution in [0.5, 0.6) is 11.5 Å². The normalized spacial score (nSPS) is 9.60. The summed E-state index contributed by atoms with van der Waals surface area (Å²) in [6.07, 6.45) is 0. The van der Waals surface area contributed by atoms with Gasteiger partial charge in [-0.05, 0) is 12.1 Å². The Labute approximate surface area is 92.7 Å². The Morgan fingerprint density at radius 3 is 2.13 bits per heavy atom. The number of carbonyl (C=O) groups is 1. The van der Waals surface area contributed by atoms with Gasteiger partial charge < -0.3 is 14.2 Å². The molecule has 0 spiro atoms. The Morgan fingerprint density at radius 1 is 1.13 bits per heavy atom. The lowest BCUT2D eigenvalue weighted by Gasteiger charge is -2.11. The first-order valence-electron chi connectivity index (χ1n) is 4.14. The van der Waals surface area contributed by atoms with E-state index in [0.717, 1.165) is 0 Å². The molecule has 0 bridgehead atoms. The topological polar surface area (TPSA) is 44.8 Å². The van der Waals surface area contributed by atoms with Crippen molar-refractivity contribution in [3.8, 4) is 11.5 Å². The molecule has 1 aromatic carbocycles. The number of ether oxygens (including phenoxy) is 3. The van der Waals surface area contributed by atoms with Crippen LogP contribution in [0.2, 0.25) is 5.02 Å². The number of halogens is 1. The number of hydrogen-bond acceptors (Lipinski definition) is 4. The van der Waals surface area contributed by atoms with Crippen molar-refractivity contribution in [1.82, 2.24) is 0 Å². The highest BCUT2D eigenvalue weighted by atomic mass is 35.5. The summed E-state index contributed by atoms with van der Waals surface area (Å²) in [6.45, 7) is 0. The van der Waals surface area contributed by atoms with Gasteiger partial charge in [-0.15, -0.1) is 0 Å². The second kappa shape index (κ2) is 4.89. The first-order chi connectivity index (χ1) is 7.15. The van der Waals surface area contributed by atoms with Gasteiger partial charge in [0.15, 0.2) is 0 Å². The molecule has 5 heteroatoms. The van der Waals surface area contributed by atoms with Gasteiger partial charge in [0.1, 0.15) is 22.1 Å². The minimum Gasteiger partial charge on any atom is -0.496 e. The monoisotopic (exact) mass is 230 g/mol. The number of benzene rings is 1. The lowest BCUT2D eigenvalue weighted by atomic mass is 10.2. The molecule has 82 valence electrons. The Morgan fingerprint density at radius 2 is 1.67 bits per heavy atom. The van der Waals surface area contributed by atoms with Crippen molar-refractivity contribution in [1.29, 1.82) is 0 Å². The fourth-order valence-electron chi connectivity index (χ4n) is 1.16. The van der Waals surface area contributed by atoms with Gasteiger partial charge in [0.25, 0.3) is 0 Å². The molecule has 4 nitrogen and oxygen atoms in total. The van der Waals surface area contributed by atoms with Gasteiger partial charge in [-0.25, -0.2) is 4.79 Å². The molecule has 0 aliphatic heterocycles. The van der Waals surface area contributed by atoms with Crippen LogP contribution in [0, 0.1) is 0 Å². The Balaban J connectivity index is 3.35. The van der Waals surface area contributed by atoms with E-state index in [2.05, 4.69) is 4.74 Å². The van der Waals surface area contributed by atoms with Gasteiger partial charge in [-0.3, -0.25) is 0 Å². The lowest BCUT2D eigenvalue weighted by molar-refractivity contribution is 0.0597. The van der Waals surface area contributed by atoms with Crippen LogP contribution in [0.25, 0.3) is 0 Å². The maximum absolute atomic E-state index is 11.4. The molecule has 0 saturated carbocycles. The number of rotatable bonds is 3. The molecule has 0 aromatic heterocycles. The van der Waals surface area contributed by atoms with Crippen molar-refractivity contribution in [2.75, 3.05) is 21.3 Å². The molecule has 0 N–H and O–H groups in total. The van der Waals surface area contributed by atoms with Crippen LogP contribution in [0.1, 0.15) is 10.4 Å². The lowest BCUT2D eigenvalue weighted by Crippen LogP contribution is -2.05. The van der Waals surface area contributed by atoms with Gasteiger partial charge >= 0.3 is 5.97 Å². The maximum Gasteiger partial charge on any atom is 0.343 e. The Hall–Kier alpha value is -1.42. The third-order valence-electron chi connectivity index (χ3n) is 1.90. The van der Waals surface area contributed by atoms with Crippen LogP contribution < -0.4 is 9.47 Å². The minimum atomic E-state index is -0.559. The average Bonchev–Trinajstić information content (AvgIpc) is 2.27. The molecule has 0 heterocycles. The highest BCUT2D eigenvalue weighted by Gasteiger charge is 2.20. The summed E-state index contributed by atoms with van der Waals surface area (Å²) in [6, 6.07) is 3.21. The quantitative estimate of drug-likeness (QED) is 0.747. The average molecular weight is 231 g/mol. The van der Waals surface area contributed by atoms with E-state index < -0.39 is 5.97 Å². The third kappa shape index (κ3) is 2.15. The van der Waals surface area contributed by atoms with Crippen molar-refractivity contribution in [3.63, 3.8) is 0 Å². The molecule has 0 amide bonds. The van der Waals surface area contributed by atoms with Crippen molar-refractivity contribution in [3.05, 3.63) is 22.7 Å². The Bertz CT molecular complexity index is 376. The molecule has 0 aliphatic carbocycles. The number of esters is 1. The summed E-state index contributed by atoms with van der Waals surface area (Å²) >= 11 is 5.96. The standard InChI is InChI=1S/C10H11ClO4/c1-13-6-4-5-7(14-2)9(11)8(6)10(12)15-3/h4-5H,1-3H3. The summed E-state index contributed by atoms with van der Waals surface area (Å²) in [5.74, 6) is 0.196. The highest BCUT2D eigenvalue weighted by Crippen LogP contribution is 2.34. The molecule has 0 aliphatic rings. The minimum absolute atomic E-state index is 0.168. The van der Waals surface area contributed by atoms with Crippen molar-refractivity contribution in [2.24, 2.45) is 0 Å². The van der Waals surface area contributed by atoms with Crippen LogP contribution in [0.4, 0.5) is 0 Å². The second-order valence-electron chi connectivity index (χ2n) is 2.65. The van der Waals surface area contributed by atoms with Crippen LogP contribution >= 0.6 is 11.6 Å². The van der Waals surface area contributed by atoms with E-state index in [9.17, 15) is 4.79 Å². The fraction of sp³-hybridized carbons (Fsp3) is 0.300. The molecule has 0 saturated heterocycles. The van der Waals surface area contributed by atoms with Gasteiger partial charge in [-0.2, -0.15) is 0 Å². The van der Waals surface area contributed by atoms with Crippen molar-refractivity contribution < 1.29 is 19.0 Å². The summed E-state index contributed by atoms with van der Waals surface area (Å²) < 4.78 is 14.6. The molecule has 0 unspecified atom stereocenters. The Kier molecular flexibility index (Phi) is 3.80. The van der Waals surface area contributed by atoms with Crippen LogP contribution in [-0.4, -0.2) is 27.3 Å². The van der Waals surface area contributed by atoms with E-state index in [-0.39, 0.29) is 10.6 Å². The summed E-state index contributed by atoms with van der Waals surface area (Å²) in [4.78, 5) is 11.4. The predicted molar refractivity (Wildman–Crippen MR) is 55.9 cm³/mol. The highest BCUT2D eigenvalue weighted by molar-refractivity contribution is 6.35. The molecular weight excluding hydrogens is 220 g/mol. The number of carbonyl (C=O) groups excluding carboxylic acids is 1. The molecular formula is C10H11ClO4. The van der Waals surface area contributed by atoms with Crippen molar-refractivity contribution in [2.45, 2.75) is 0 Å². The SMILES string of the molecule is COC(=O)c1c(OC)ccc(OC)c1Cl. The summed E-state index contributed by atoms with van der Waals surface area (Å²) in [5.41, 5.74) is 0.168.